The van der Waals surface area contributed by atoms with Gasteiger partial charge in [0, 0.05) is 61.6 Å². The number of rotatable bonds is 8. The van der Waals surface area contributed by atoms with E-state index in [1.165, 1.54) is 16.9 Å². The molecule has 1 amide bonds. The Morgan fingerprint density at radius 1 is 0.927 bits per heavy atom. The maximum absolute atomic E-state index is 13.6. The molecule has 1 unspecified atom stereocenters. The molecule has 8 nitrogen and oxygen atoms in total. The van der Waals surface area contributed by atoms with Crippen LogP contribution in [-0.4, -0.2) is 85.0 Å². The van der Waals surface area contributed by atoms with Crippen LogP contribution in [0.3, 0.4) is 0 Å². The van der Waals surface area contributed by atoms with E-state index in [4.69, 9.17) is 0 Å². The van der Waals surface area contributed by atoms with Crippen molar-refractivity contribution >= 4 is 28.2 Å². The molecule has 10 heteroatoms. The van der Waals surface area contributed by atoms with Gasteiger partial charge in [-0.05, 0) is 87.1 Å². The smallest absolute Gasteiger partial charge is 0.273 e. The Morgan fingerprint density at radius 3 is 2.41 bits per heavy atom. The summed E-state index contributed by atoms with van der Waals surface area (Å²) >= 11 is 0. The highest BCUT2D eigenvalue weighted by atomic mass is 19.1. The van der Waals surface area contributed by atoms with Crippen molar-refractivity contribution in [2.24, 2.45) is 0 Å². The number of anilines is 2. The lowest BCUT2D eigenvalue weighted by Gasteiger charge is -2.38. The van der Waals surface area contributed by atoms with Crippen molar-refractivity contribution in [1.82, 2.24) is 19.7 Å². The number of benzene rings is 3. The van der Waals surface area contributed by atoms with Crippen molar-refractivity contribution in [2.75, 3.05) is 69.0 Å². The number of carbonyl (C=O) groups is 1. The van der Waals surface area contributed by atoms with Gasteiger partial charge in [0.2, 0.25) is 0 Å². The Balaban J connectivity index is 1.21. The molecule has 0 radical (unpaired) electrons. The summed E-state index contributed by atoms with van der Waals surface area (Å²) in [7, 11) is 4.26. The van der Waals surface area contributed by atoms with Crippen molar-refractivity contribution in [3.63, 3.8) is 0 Å². The zero-order chi connectivity index (χ0) is 28.5. The molecular formula is C31H35F2N7O. The lowest BCUT2D eigenvalue weighted by Crippen LogP contribution is -2.48. The number of likely N-dealkylation sites (tertiary alicyclic amines) is 1. The average Bonchev–Trinajstić information content (AvgIpc) is 3.33. The van der Waals surface area contributed by atoms with Gasteiger partial charge in [-0.15, -0.1) is 0 Å². The van der Waals surface area contributed by atoms with Crippen LogP contribution in [0.1, 0.15) is 27.9 Å². The average molecular weight is 560 g/mol. The van der Waals surface area contributed by atoms with Gasteiger partial charge in [-0.2, -0.15) is 9.89 Å². The number of piperazine rings is 1. The third-order valence-electron chi connectivity index (χ3n) is 8.25. The molecule has 6 rings (SSSR count). The van der Waals surface area contributed by atoms with Crippen LogP contribution < -0.4 is 15.6 Å². The van der Waals surface area contributed by atoms with E-state index in [2.05, 4.69) is 50.7 Å². The normalized spacial score (nSPS) is 18.0. The van der Waals surface area contributed by atoms with E-state index in [0.29, 0.717) is 23.6 Å². The quantitative estimate of drug-likeness (QED) is 0.338. The number of nitrogens with zero attached hydrogens (tertiary/aromatic N) is 5. The van der Waals surface area contributed by atoms with Gasteiger partial charge in [0.15, 0.2) is 0 Å². The lowest BCUT2D eigenvalue weighted by atomic mass is 10.0. The largest absolute Gasteiger partial charge is 0.383 e. The summed E-state index contributed by atoms with van der Waals surface area (Å²) in [6.07, 6.45) is 3.19. The third-order valence-corrected chi connectivity index (χ3v) is 8.25. The first kappa shape index (κ1) is 27.2. The minimum atomic E-state index is -0.596. The van der Waals surface area contributed by atoms with E-state index in [9.17, 15) is 13.6 Å². The van der Waals surface area contributed by atoms with E-state index in [1.807, 2.05) is 30.3 Å². The van der Waals surface area contributed by atoms with Crippen LogP contribution in [0, 0.1) is 11.6 Å². The van der Waals surface area contributed by atoms with Crippen LogP contribution in [0.15, 0.2) is 60.8 Å². The fourth-order valence-electron chi connectivity index (χ4n) is 5.58. The van der Waals surface area contributed by atoms with E-state index in [0.717, 1.165) is 79.6 Å². The van der Waals surface area contributed by atoms with Gasteiger partial charge < -0.3 is 20.0 Å². The second kappa shape index (κ2) is 11.5. The highest BCUT2D eigenvalue weighted by molar-refractivity contribution is 6.05. The summed E-state index contributed by atoms with van der Waals surface area (Å²) < 4.78 is 27.3. The van der Waals surface area contributed by atoms with Crippen molar-refractivity contribution in [1.29, 1.82) is 0 Å². The maximum atomic E-state index is 13.6. The van der Waals surface area contributed by atoms with Gasteiger partial charge in [-0.1, -0.05) is 6.07 Å². The standard InChI is InChI=1S/C31H35F2N7O/c1-37-9-11-39(12-10-37)26-4-5-28(29(18-26)34-20-27-7-8-38(27)2)31(41)36-40-30-6-3-21(14-23(30)19-35-40)13-22-15-24(32)17-25(33)16-22/h3-6,14-19,27,34H,7-13,20H2,1-2H3,(H,36,41). The second-order valence-corrected chi connectivity index (χ2v) is 11.2. The highest BCUT2D eigenvalue weighted by Crippen LogP contribution is 2.27. The number of likely N-dealkylation sites (N-methyl/N-ethyl adjacent to an activating group) is 2. The van der Waals surface area contributed by atoms with E-state index in [1.54, 1.807) is 6.20 Å². The first-order valence-electron chi connectivity index (χ1n) is 14.1. The van der Waals surface area contributed by atoms with Crippen LogP contribution in [-0.2, 0) is 6.42 Å². The molecule has 2 N–H and O–H groups in total. The van der Waals surface area contributed by atoms with Crippen molar-refractivity contribution in [2.45, 2.75) is 18.9 Å². The molecule has 4 aromatic rings. The van der Waals surface area contributed by atoms with Gasteiger partial charge >= 0.3 is 0 Å². The van der Waals surface area contributed by atoms with Gasteiger partial charge in [-0.3, -0.25) is 4.79 Å². The monoisotopic (exact) mass is 559 g/mol. The SMILES string of the molecule is CN1CCN(c2ccc(C(=O)Nn3ncc4cc(Cc5cc(F)cc(F)c5)ccc43)c(NCC3CCN3C)c2)CC1. The van der Waals surface area contributed by atoms with E-state index < -0.39 is 11.6 Å². The molecule has 0 aliphatic carbocycles. The number of fused-ring (bicyclic) bond motifs is 1. The third kappa shape index (κ3) is 6.03. The Morgan fingerprint density at radius 2 is 1.71 bits per heavy atom. The molecular weight excluding hydrogens is 524 g/mol. The molecule has 2 saturated heterocycles. The molecule has 0 bridgehead atoms. The predicted molar refractivity (Wildman–Crippen MR) is 158 cm³/mol. The van der Waals surface area contributed by atoms with Crippen molar-refractivity contribution in [3.05, 3.63) is 89.1 Å². The lowest BCUT2D eigenvalue weighted by molar-refractivity contribution is 0.101. The molecule has 3 heterocycles. The second-order valence-electron chi connectivity index (χ2n) is 11.2. The molecule has 3 aromatic carbocycles. The zero-order valence-corrected chi connectivity index (χ0v) is 23.4. The van der Waals surface area contributed by atoms with Crippen LogP contribution >= 0.6 is 0 Å². The first-order chi connectivity index (χ1) is 19.8. The molecule has 0 spiro atoms. The summed E-state index contributed by atoms with van der Waals surface area (Å²) in [5.41, 5.74) is 7.57. The zero-order valence-electron chi connectivity index (χ0n) is 23.4. The van der Waals surface area contributed by atoms with Gasteiger partial charge in [0.1, 0.15) is 11.6 Å². The summed E-state index contributed by atoms with van der Waals surface area (Å²) in [6.45, 7) is 5.76. The summed E-state index contributed by atoms with van der Waals surface area (Å²) in [4.78, 5) is 22.0. The number of hydrogen-bond acceptors (Lipinski definition) is 6. The molecule has 2 aliphatic rings. The van der Waals surface area contributed by atoms with E-state index in [-0.39, 0.29) is 5.91 Å². The molecule has 1 atom stereocenters. The Kier molecular flexibility index (Phi) is 7.59. The molecule has 2 fully saturated rings. The van der Waals surface area contributed by atoms with Crippen molar-refractivity contribution < 1.29 is 13.6 Å². The number of nitrogens with one attached hydrogen (secondary N) is 2. The Hall–Kier alpha value is -4.02. The Labute approximate surface area is 238 Å². The van der Waals surface area contributed by atoms with Crippen LogP contribution in [0.25, 0.3) is 10.9 Å². The fraction of sp³-hybridized carbons (Fsp3) is 0.355. The fourth-order valence-corrected chi connectivity index (χ4v) is 5.58. The predicted octanol–water partition coefficient (Wildman–Crippen LogP) is 4.16. The molecule has 41 heavy (non-hydrogen) atoms. The van der Waals surface area contributed by atoms with Gasteiger partial charge in [0.05, 0.1) is 17.3 Å². The number of amides is 1. The van der Waals surface area contributed by atoms with Crippen LogP contribution in [0.5, 0.6) is 0 Å². The number of halogens is 2. The molecule has 0 saturated carbocycles. The maximum Gasteiger partial charge on any atom is 0.273 e. The minimum absolute atomic E-state index is 0.260. The van der Waals surface area contributed by atoms with E-state index >= 15 is 0 Å². The molecule has 2 aliphatic heterocycles. The van der Waals surface area contributed by atoms with Gasteiger partial charge in [-0.25, -0.2) is 14.2 Å². The van der Waals surface area contributed by atoms with Crippen molar-refractivity contribution in [3.8, 4) is 0 Å². The van der Waals surface area contributed by atoms with Gasteiger partial charge in [0.25, 0.3) is 5.91 Å². The number of aromatic nitrogens is 2. The topological polar surface area (TPSA) is 68.7 Å². The Bertz CT molecular complexity index is 1540. The summed E-state index contributed by atoms with van der Waals surface area (Å²) in [5, 5.41) is 8.76. The van der Waals surface area contributed by atoms with Crippen LogP contribution in [0.4, 0.5) is 20.2 Å². The number of carbonyl (C=O) groups excluding carboxylic acids is 1. The van der Waals surface area contributed by atoms with Crippen LogP contribution in [0.2, 0.25) is 0 Å². The molecule has 1 aromatic heterocycles. The minimum Gasteiger partial charge on any atom is -0.383 e. The summed E-state index contributed by atoms with van der Waals surface area (Å²) in [6, 6.07) is 15.6. The number of hydrogen-bond donors (Lipinski definition) is 2. The molecule has 214 valence electrons. The summed E-state index contributed by atoms with van der Waals surface area (Å²) in [5.74, 6) is -1.45. The first-order valence-corrected chi connectivity index (χ1v) is 14.1. The highest BCUT2D eigenvalue weighted by Gasteiger charge is 2.25.